The van der Waals surface area contributed by atoms with Crippen LogP contribution in [-0.4, -0.2) is 17.4 Å². The summed E-state index contributed by atoms with van der Waals surface area (Å²) in [5, 5.41) is -0.0160. The number of benzene rings is 1. The monoisotopic (exact) mass is 279 g/mol. The molecule has 5 heteroatoms. The molecule has 0 radical (unpaired) electrons. The van der Waals surface area contributed by atoms with Gasteiger partial charge in [-0.3, -0.25) is 9.78 Å². The molecule has 0 aliphatic heterocycles. The summed E-state index contributed by atoms with van der Waals surface area (Å²) in [4.78, 5) is 16.1. The first kappa shape index (κ1) is 13.5. The van der Waals surface area contributed by atoms with E-state index in [1.54, 1.807) is 6.07 Å². The minimum absolute atomic E-state index is 0.0160. The van der Waals surface area contributed by atoms with Crippen LogP contribution < -0.4 is 4.74 Å². The Morgan fingerprint density at radius 2 is 2.11 bits per heavy atom. The molecule has 0 N–H and O–H groups in total. The SMILES string of the molecule is CCOc1cncc(C(=O)c2ccc(Cl)c(F)c2)c1. The highest BCUT2D eigenvalue weighted by Gasteiger charge is 2.12. The van der Waals surface area contributed by atoms with Gasteiger partial charge in [-0.2, -0.15) is 0 Å². The predicted octanol–water partition coefficient (Wildman–Crippen LogP) is 3.50. The molecule has 1 aromatic carbocycles. The van der Waals surface area contributed by atoms with Gasteiger partial charge in [-0.1, -0.05) is 11.6 Å². The molecule has 0 amide bonds. The molecule has 0 spiro atoms. The van der Waals surface area contributed by atoms with Crippen molar-refractivity contribution in [2.75, 3.05) is 6.61 Å². The van der Waals surface area contributed by atoms with E-state index in [-0.39, 0.29) is 16.4 Å². The highest BCUT2D eigenvalue weighted by atomic mass is 35.5. The van der Waals surface area contributed by atoms with E-state index in [1.165, 1.54) is 24.5 Å². The minimum Gasteiger partial charge on any atom is -0.492 e. The van der Waals surface area contributed by atoms with Crippen LogP contribution in [0.3, 0.4) is 0 Å². The number of hydrogen-bond donors (Lipinski definition) is 0. The van der Waals surface area contributed by atoms with Crippen LogP contribution in [0.25, 0.3) is 0 Å². The molecule has 1 heterocycles. The predicted molar refractivity (Wildman–Crippen MR) is 70.2 cm³/mol. The molecule has 2 rings (SSSR count). The van der Waals surface area contributed by atoms with E-state index in [4.69, 9.17) is 16.3 Å². The van der Waals surface area contributed by atoms with Crippen molar-refractivity contribution >= 4 is 17.4 Å². The quantitative estimate of drug-likeness (QED) is 0.804. The van der Waals surface area contributed by atoms with Crippen molar-refractivity contribution in [3.05, 3.63) is 58.6 Å². The van der Waals surface area contributed by atoms with Crippen molar-refractivity contribution in [3.8, 4) is 5.75 Å². The van der Waals surface area contributed by atoms with Crippen molar-refractivity contribution in [3.63, 3.8) is 0 Å². The minimum atomic E-state index is -0.624. The molecule has 0 atom stereocenters. The van der Waals surface area contributed by atoms with Crippen molar-refractivity contribution in [1.29, 1.82) is 0 Å². The number of carbonyl (C=O) groups is 1. The Balaban J connectivity index is 2.32. The van der Waals surface area contributed by atoms with Crippen molar-refractivity contribution < 1.29 is 13.9 Å². The lowest BCUT2D eigenvalue weighted by Gasteiger charge is -2.05. The summed E-state index contributed by atoms with van der Waals surface area (Å²) in [6, 6.07) is 5.51. The largest absolute Gasteiger partial charge is 0.492 e. The Labute approximate surface area is 115 Å². The van der Waals surface area contributed by atoms with Gasteiger partial charge in [0, 0.05) is 17.3 Å². The number of pyridine rings is 1. The fourth-order valence-electron chi connectivity index (χ4n) is 1.59. The average Bonchev–Trinajstić information content (AvgIpc) is 2.42. The third-order valence-corrected chi connectivity index (χ3v) is 2.77. The van der Waals surface area contributed by atoms with Gasteiger partial charge >= 0.3 is 0 Å². The number of ketones is 1. The molecule has 0 aliphatic rings. The Bertz CT molecular complexity index is 616. The fourth-order valence-corrected chi connectivity index (χ4v) is 1.71. The molecule has 0 saturated heterocycles. The van der Waals surface area contributed by atoms with Crippen LogP contribution in [-0.2, 0) is 0 Å². The summed E-state index contributed by atoms with van der Waals surface area (Å²) >= 11 is 5.58. The first-order valence-electron chi connectivity index (χ1n) is 5.69. The van der Waals surface area contributed by atoms with E-state index in [9.17, 15) is 9.18 Å². The normalized spacial score (nSPS) is 10.3. The van der Waals surface area contributed by atoms with E-state index < -0.39 is 5.82 Å². The van der Waals surface area contributed by atoms with E-state index in [0.717, 1.165) is 6.07 Å². The zero-order chi connectivity index (χ0) is 13.8. The van der Waals surface area contributed by atoms with Gasteiger partial charge in [-0.25, -0.2) is 4.39 Å². The highest BCUT2D eigenvalue weighted by molar-refractivity contribution is 6.30. The summed E-state index contributed by atoms with van der Waals surface area (Å²) in [5.41, 5.74) is 0.560. The third kappa shape index (κ3) is 3.09. The standard InChI is InChI=1S/C14H11ClFNO2/c1-2-19-11-5-10(7-17-8-11)14(18)9-3-4-12(15)13(16)6-9/h3-8H,2H2,1H3. The molecule has 98 valence electrons. The van der Waals surface area contributed by atoms with Crippen LogP contribution in [0.15, 0.2) is 36.7 Å². The molecular formula is C14H11ClFNO2. The molecule has 0 bridgehead atoms. The number of nitrogens with zero attached hydrogens (tertiary/aromatic N) is 1. The fraction of sp³-hybridized carbons (Fsp3) is 0.143. The van der Waals surface area contributed by atoms with E-state index in [2.05, 4.69) is 4.98 Å². The zero-order valence-corrected chi connectivity index (χ0v) is 10.9. The maximum absolute atomic E-state index is 13.3. The second-order valence-electron chi connectivity index (χ2n) is 3.80. The lowest BCUT2D eigenvalue weighted by molar-refractivity contribution is 0.103. The van der Waals surface area contributed by atoms with E-state index in [1.807, 2.05) is 6.92 Å². The van der Waals surface area contributed by atoms with Crippen LogP contribution in [0.1, 0.15) is 22.8 Å². The molecule has 2 aromatic rings. The van der Waals surface area contributed by atoms with Gasteiger partial charge in [0.05, 0.1) is 17.8 Å². The second kappa shape index (κ2) is 5.80. The maximum atomic E-state index is 13.3. The van der Waals surface area contributed by atoms with Crippen LogP contribution in [0.2, 0.25) is 5.02 Å². The number of rotatable bonds is 4. The van der Waals surface area contributed by atoms with E-state index >= 15 is 0 Å². The number of ether oxygens (including phenoxy) is 1. The van der Waals surface area contributed by atoms with Gasteiger partial charge in [0.25, 0.3) is 0 Å². The molecule has 0 unspecified atom stereocenters. The van der Waals surface area contributed by atoms with Crippen LogP contribution in [0, 0.1) is 5.82 Å². The van der Waals surface area contributed by atoms with Gasteiger partial charge in [0.1, 0.15) is 11.6 Å². The van der Waals surface area contributed by atoms with Gasteiger partial charge in [0.15, 0.2) is 5.78 Å². The van der Waals surface area contributed by atoms with Crippen LogP contribution in [0.5, 0.6) is 5.75 Å². The first-order valence-corrected chi connectivity index (χ1v) is 6.07. The van der Waals surface area contributed by atoms with Gasteiger partial charge in [-0.05, 0) is 31.2 Å². The van der Waals surface area contributed by atoms with E-state index in [0.29, 0.717) is 17.9 Å². The summed E-state index contributed by atoms with van der Waals surface area (Å²) < 4.78 is 18.6. The molecule has 0 aliphatic carbocycles. The number of aromatic nitrogens is 1. The zero-order valence-electron chi connectivity index (χ0n) is 10.2. The summed E-state index contributed by atoms with van der Waals surface area (Å²) in [7, 11) is 0. The van der Waals surface area contributed by atoms with Crippen molar-refractivity contribution in [2.45, 2.75) is 6.92 Å². The van der Waals surface area contributed by atoms with Gasteiger partial charge in [-0.15, -0.1) is 0 Å². The number of halogens is 2. The highest BCUT2D eigenvalue weighted by Crippen LogP contribution is 2.19. The Morgan fingerprint density at radius 3 is 2.79 bits per heavy atom. The van der Waals surface area contributed by atoms with Crippen LogP contribution in [0.4, 0.5) is 4.39 Å². The number of carbonyl (C=O) groups excluding carboxylic acids is 1. The smallest absolute Gasteiger partial charge is 0.194 e. The maximum Gasteiger partial charge on any atom is 0.194 e. The average molecular weight is 280 g/mol. The molecule has 19 heavy (non-hydrogen) atoms. The number of hydrogen-bond acceptors (Lipinski definition) is 3. The Kier molecular flexibility index (Phi) is 4.12. The van der Waals surface area contributed by atoms with Crippen molar-refractivity contribution in [2.24, 2.45) is 0 Å². The molecule has 1 aromatic heterocycles. The first-order chi connectivity index (χ1) is 9.11. The van der Waals surface area contributed by atoms with Gasteiger partial charge < -0.3 is 4.74 Å². The Hall–Kier alpha value is -1.94. The topological polar surface area (TPSA) is 39.2 Å². The Morgan fingerprint density at radius 1 is 1.32 bits per heavy atom. The summed E-state index contributed by atoms with van der Waals surface area (Å²) in [6.07, 6.45) is 2.93. The van der Waals surface area contributed by atoms with Crippen LogP contribution >= 0.6 is 11.6 Å². The lowest BCUT2D eigenvalue weighted by atomic mass is 10.0. The third-order valence-electron chi connectivity index (χ3n) is 2.47. The molecule has 3 nitrogen and oxygen atoms in total. The summed E-state index contributed by atoms with van der Waals surface area (Å²) in [6.45, 7) is 2.32. The lowest BCUT2D eigenvalue weighted by Crippen LogP contribution is -2.03. The van der Waals surface area contributed by atoms with Crippen molar-refractivity contribution in [1.82, 2.24) is 4.98 Å². The van der Waals surface area contributed by atoms with Gasteiger partial charge in [0.2, 0.25) is 0 Å². The molecule has 0 saturated carbocycles. The molecule has 0 fully saturated rings. The second-order valence-corrected chi connectivity index (χ2v) is 4.21. The summed E-state index contributed by atoms with van der Waals surface area (Å²) in [5.74, 6) is -0.450. The molecular weight excluding hydrogens is 269 g/mol.